The fraction of sp³-hybridized carbons (Fsp3) is 0.355. The predicted molar refractivity (Wildman–Crippen MR) is 157 cm³/mol. The van der Waals surface area contributed by atoms with Gasteiger partial charge >= 0.3 is 0 Å². The highest BCUT2D eigenvalue weighted by Gasteiger charge is 2.33. The van der Waals surface area contributed by atoms with Crippen LogP contribution in [0.5, 0.6) is 0 Å². The van der Waals surface area contributed by atoms with Gasteiger partial charge in [-0.05, 0) is 48.6 Å². The Morgan fingerprint density at radius 2 is 1.49 bits per heavy atom. The number of nitrogens with one attached hydrogen (secondary N) is 1. The second-order valence-electron chi connectivity index (χ2n) is 10.4. The van der Waals surface area contributed by atoms with Crippen molar-refractivity contribution in [1.29, 1.82) is 0 Å². The van der Waals surface area contributed by atoms with Crippen LogP contribution < -0.4 is 9.62 Å². The summed E-state index contributed by atoms with van der Waals surface area (Å²) < 4.78 is 26.8. The van der Waals surface area contributed by atoms with Gasteiger partial charge in [0.2, 0.25) is 21.8 Å². The van der Waals surface area contributed by atoms with E-state index < -0.39 is 28.5 Å². The molecule has 0 saturated carbocycles. The van der Waals surface area contributed by atoms with Crippen LogP contribution in [-0.2, 0) is 32.6 Å². The average Bonchev–Trinajstić information content (AvgIpc) is 2.89. The molecular weight excluding hydrogens is 510 g/mol. The van der Waals surface area contributed by atoms with Crippen molar-refractivity contribution >= 4 is 27.5 Å². The molecule has 8 heteroatoms. The lowest BCUT2D eigenvalue weighted by molar-refractivity contribution is -0.140. The van der Waals surface area contributed by atoms with E-state index in [1.54, 1.807) is 24.3 Å². The molecule has 1 atom stereocenters. The number of rotatable bonds is 12. The summed E-state index contributed by atoms with van der Waals surface area (Å²) in [5, 5.41) is 2.99. The van der Waals surface area contributed by atoms with Crippen molar-refractivity contribution in [3.05, 3.63) is 101 Å². The highest BCUT2D eigenvalue weighted by atomic mass is 32.2. The standard InChI is InChI=1S/C31H39N3O4S/c1-23(2)20-32-31(36)29(19-26-12-7-6-8-13-26)33(21-27-14-10-9-11-25(27)4)30(35)22-34(39(5,37)38)28-17-15-24(3)16-18-28/h6-18,23,29H,19-22H2,1-5H3,(H,32,36)/t29-/m1/s1. The first-order chi connectivity index (χ1) is 18.5. The molecule has 0 bridgehead atoms. The van der Waals surface area contributed by atoms with E-state index in [9.17, 15) is 18.0 Å². The van der Waals surface area contributed by atoms with E-state index in [1.165, 1.54) is 4.90 Å². The fourth-order valence-electron chi connectivity index (χ4n) is 4.27. The third kappa shape index (κ3) is 8.68. The van der Waals surface area contributed by atoms with Gasteiger partial charge in [-0.1, -0.05) is 86.1 Å². The maximum atomic E-state index is 14.1. The second kappa shape index (κ2) is 13.4. The molecule has 0 saturated heterocycles. The van der Waals surface area contributed by atoms with E-state index in [1.807, 2.05) is 82.3 Å². The van der Waals surface area contributed by atoms with E-state index in [2.05, 4.69) is 5.32 Å². The SMILES string of the molecule is Cc1ccc(N(CC(=O)N(Cc2ccccc2C)[C@H](Cc2ccccc2)C(=O)NCC(C)C)S(C)(=O)=O)cc1. The van der Waals surface area contributed by atoms with Gasteiger partial charge in [-0.25, -0.2) is 8.42 Å². The zero-order valence-corrected chi connectivity index (χ0v) is 24.2. The van der Waals surface area contributed by atoms with Crippen molar-refractivity contribution in [3.63, 3.8) is 0 Å². The summed E-state index contributed by atoms with van der Waals surface area (Å²) in [6, 6.07) is 23.4. The molecule has 3 rings (SSSR count). The molecule has 0 aromatic heterocycles. The molecule has 0 aliphatic heterocycles. The van der Waals surface area contributed by atoms with Crippen LogP contribution >= 0.6 is 0 Å². The largest absolute Gasteiger partial charge is 0.354 e. The molecule has 0 radical (unpaired) electrons. The lowest BCUT2D eigenvalue weighted by Gasteiger charge is -2.34. The zero-order chi connectivity index (χ0) is 28.6. The molecule has 1 N–H and O–H groups in total. The number of anilines is 1. The normalized spacial score (nSPS) is 12.2. The van der Waals surface area contributed by atoms with Crippen molar-refractivity contribution in [2.24, 2.45) is 5.92 Å². The van der Waals surface area contributed by atoms with Crippen LogP contribution in [0.15, 0.2) is 78.9 Å². The monoisotopic (exact) mass is 549 g/mol. The molecule has 3 aromatic carbocycles. The molecule has 3 aromatic rings. The smallest absolute Gasteiger partial charge is 0.244 e. The number of amides is 2. The van der Waals surface area contributed by atoms with Gasteiger partial charge in [0.05, 0.1) is 11.9 Å². The maximum Gasteiger partial charge on any atom is 0.244 e. The Hall–Kier alpha value is -3.65. The highest BCUT2D eigenvalue weighted by molar-refractivity contribution is 7.92. The first-order valence-corrected chi connectivity index (χ1v) is 15.0. The predicted octanol–water partition coefficient (Wildman–Crippen LogP) is 4.48. The molecule has 7 nitrogen and oxygen atoms in total. The van der Waals surface area contributed by atoms with Crippen LogP contribution in [-0.4, -0.2) is 50.5 Å². The van der Waals surface area contributed by atoms with Gasteiger partial charge in [0.25, 0.3) is 0 Å². The number of hydrogen-bond acceptors (Lipinski definition) is 4. The molecule has 2 amide bonds. The fourth-order valence-corrected chi connectivity index (χ4v) is 5.12. The van der Waals surface area contributed by atoms with Crippen LogP contribution in [0.2, 0.25) is 0 Å². The van der Waals surface area contributed by atoms with E-state index in [0.29, 0.717) is 18.7 Å². The van der Waals surface area contributed by atoms with Gasteiger partial charge in [0, 0.05) is 19.5 Å². The summed E-state index contributed by atoms with van der Waals surface area (Å²) in [7, 11) is -3.78. The molecule has 208 valence electrons. The minimum atomic E-state index is -3.78. The Kier molecular flexibility index (Phi) is 10.3. The zero-order valence-electron chi connectivity index (χ0n) is 23.4. The first-order valence-electron chi connectivity index (χ1n) is 13.2. The van der Waals surface area contributed by atoms with E-state index in [-0.39, 0.29) is 18.4 Å². The molecular formula is C31H39N3O4S. The topological polar surface area (TPSA) is 86.8 Å². The Balaban J connectivity index is 2.05. The minimum absolute atomic E-state index is 0.170. The van der Waals surface area contributed by atoms with Crippen LogP contribution in [0.25, 0.3) is 0 Å². The van der Waals surface area contributed by atoms with Gasteiger partial charge in [-0.3, -0.25) is 13.9 Å². The average molecular weight is 550 g/mol. The van der Waals surface area contributed by atoms with Crippen molar-refractivity contribution in [2.75, 3.05) is 23.7 Å². The summed E-state index contributed by atoms with van der Waals surface area (Å²) in [5.41, 5.74) is 4.15. The molecule has 0 unspecified atom stereocenters. The highest BCUT2D eigenvalue weighted by Crippen LogP contribution is 2.21. The molecule has 0 fully saturated rings. The molecule has 39 heavy (non-hydrogen) atoms. The number of aryl methyl sites for hydroxylation is 2. The number of hydrogen-bond donors (Lipinski definition) is 1. The van der Waals surface area contributed by atoms with Gasteiger partial charge in [-0.15, -0.1) is 0 Å². The van der Waals surface area contributed by atoms with Gasteiger partial charge in [0.15, 0.2) is 0 Å². The van der Waals surface area contributed by atoms with Crippen molar-refractivity contribution < 1.29 is 18.0 Å². The summed E-state index contributed by atoms with van der Waals surface area (Å²) in [5.74, 6) is -0.491. The molecule has 0 aliphatic rings. The van der Waals surface area contributed by atoms with Gasteiger partial charge in [-0.2, -0.15) is 0 Å². The number of carbonyl (C=O) groups excluding carboxylic acids is 2. The summed E-state index contributed by atoms with van der Waals surface area (Å²) in [6.07, 6.45) is 1.38. The minimum Gasteiger partial charge on any atom is -0.354 e. The number of nitrogens with zero attached hydrogens (tertiary/aromatic N) is 2. The third-order valence-corrected chi connectivity index (χ3v) is 7.70. The van der Waals surface area contributed by atoms with Crippen molar-refractivity contribution in [3.8, 4) is 0 Å². The number of benzene rings is 3. The first kappa shape index (κ1) is 29.9. The van der Waals surface area contributed by atoms with Crippen LogP contribution in [0.3, 0.4) is 0 Å². The maximum absolute atomic E-state index is 14.1. The van der Waals surface area contributed by atoms with E-state index in [4.69, 9.17) is 0 Å². The third-order valence-electron chi connectivity index (χ3n) is 6.56. The Bertz CT molecular complexity index is 1360. The lowest BCUT2D eigenvalue weighted by atomic mass is 10.0. The Morgan fingerprint density at radius 3 is 2.08 bits per heavy atom. The summed E-state index contributed by atoms with van der Waals surface area (Å²) in [6.45, 7) is 8.10. The lowest BCUT2D eigenvalue weighted by Crippen LogP contribution is -2.53. The molecule has 0 heterocycles. The van der Waals surface area contributed by atoms with Crippen LogP contribution in [0.4, 0.5) is 5.69 Å². The van der Waals surface area contributed by atoms with Gasteiger partial charge < -0.3 is 10.2 Å². The Labute approximate surface area is 232 Å². The second-order valence-corrected chi connectivity index (χ2v) is 12.3. The molecule has 0 spiro atoms. The van der Waals surface area contributed by atoms with Crippen molar-refractivity contribution in [2.45, 2.75) is 46.7 Å². The number of carbonyl (C=O) groups is 2. The van der Waals surface area contributed by atoms with Crippen LogP contribution in [0, 0.1) is 19.8 Å². The summed E-state index contributed by atoms with van der Waals surface area (Å²) >= 11 is 0. The van der Waals surface area contributed by atoms with E-state index >= 15 is 0 Å². The van der Waals surface area contributed by atoms with Gasteiger partial charge in [0.1, 0.15) is 12.6 Å². The quantitative estimate of drug-likeness (QED) is 0.361. The van der Waals surface area contributed by atoms with E-state index in [0.717, 1.165) is 32.8 Å². The Morgan fingerprint density at radius 1 is 0.872 bits per heavy atom. The van der Waals surface area contributed by atoms with Crippen molar-refractivity contribution in [1.82, 2.24) is 10.2 Å². The summed E-state index contributed by atoms with van der Waals surface area (Å²) in [4.78, 5) is 29.2. The van der Waals surface area contributed by atoms with Crippen LogP contribution in [0.1, 0.15) is 36.1 Å². The molecule has 0 aliphatic carbocycles. The number of sulfonamides is 1.